The molecular weight excluding hydrogens is 236 g/mol. The maximum absolute atomic E-state index is 5.74. The molecule has 0 aromatic heterocycles. The third kappa shape index (κ3) is 4.60. The summed E-state index contributed by atoms with van der Waals surface area (Å²) in [6, 6.07) is 6.71. The summed E-state index contributed by atoms with van der Waals surface area (Å²) in [5.74, 6) is 0. The normalized spacial score (nSPS) is 19.9. The zero-order chi connectivity index (χ0) is 13.7. The number of hydrogen-bond donors (Lipinski definition) is 1. The highest BCUT2D eigenvalue weighted by atomic mass is 16.5. The van der Waals surface area contributed by atoms with E-state index in [4.69, 9.17) is 4.74 Å². The largest absolute Gasteiger partial charge is 0.374 e. The molecule has 1 saturated heterocycles. The van der Waals surface area contributed by atoms with Crippen molar-refractivity contribution in [2.75, 3.05) is 39.8 Å². The molecule has 106 valence electrons. The first-order chi connectivity index (χ1) is 9.15. The van der Waals surface area contributed by atoms with Gasteiger partial charge in [0.1, 0.15) is 0 Å². The Balaban J connectivity index is 1.79. The highest BCUT2D eigenvalue weighted by Gasteiger charge is 2.15. The lowest BCUT2D eigenvalue weighted by molar-refractivity contribution is 0.0103. The highest BCUT2D eigenvalue weighted by Crippen LogP contribution is 2.12. The van der Waals surface area contributed by atoms with Crippen molar-refractivity contribution < 1.29 is 4.74 Å². The number of morpholine rings is 1. The van der Waals surface area contributed by atoms with E-state index in [9.17, 15) is 0 Å². The van der Waals surface area contributed by atoms with Gasteiger partial charge >= 0.3 is 0 Å². The van der Waals surface area contributed by atoms with E-state index < -0.39 is 0 Å². The Morgan fingerprint density at radius 3 is 2.95 bits per heavy atom. The number of likely N-dealkylation sites (N-methyl/N-ethyl adjacent to an activating group) is 1. The van der Waals surface area contributed by atoms with Crippen LogP contribution in [0.1, 0.15) is 16.7 Å². The average molecular weight is 262 g/mol. The van der Waals surface area contributed by atoms with Gasteiger partial charge in [-0.15, -0.1) is 0 Å². The Bertz CT molecular complexity index is 400. The molecule has 0 saturated carbocycles. The standard InChI is InChI=1S/C16H26N2O/c1-13-4-5-14(2)15(10-13)6-8-18(3)12-16-11-17-7-9-19-16/h4-5,10,16-17H,6-9,11-12H2,1-3H3. The smallest absolute Gasteiger partial charge is 0.0826 e. The van der Waals surface area contributed by atoms with Crippen molar-refractivity contribution in [3.63, 3.8) is 0 Å². The summed E-state index contributed by atoms with van der Waals surface area (Å²) in [7, 11) is 2.18. The lowest BCUT2D eigenvalue weighted by Crippen LogP contribution is -2.44. The van der Waals surface area contributed by atoms with E-state index >= 15 is 0 Å². The van der Waals surface area contributed by atoms with E-state index in [2.05, 4.69) is 49.3 Å². The van der Waals surface area contributed by atoms with Crippen LogP contribution in [0.25, 0.3) is 0 Å². The van der Waals surface area contributed by atoms with Gasteiger partial charge in [-0.2, -0.15) is 0 Å². The van der Waals surface area contributed by atoms with Gasteiger partial charge in [0.25, 0.3) is 0 Å². The van der Waals surface area contributed by atoms with Crippen LogP contribution in [0.3, 0.4) is 0 Å². The predicted molar refractivity (Wildman–Crippen MR) is 79.7 cm³/mol. The predicted octanol–water partition coefficient (Wildman–Crippen LogP) is 1.77. The van der Waals surface area contributed by atoms with E-state index in [1.165, 1.54) is 16.7 Å². The third-order valence-corrected chi connectivity index (χ3v) is 3.79. The molecule has 1 N–H and O–H groups in total. The van der Waals surface area contributed by atoms with Gasteiger partial charge in [0.05, 0.1) is 12.7 Å². The van der Waals surface area contributed by atoms with Crippen molar-refractivity contribution in [1.29, 1.82) is 0 Å². The molecule has 0 radical (unpaired) electrons. The molecule has 1 aromatic carbocycles. The summed E-state index contributed by atoms with van der Waals surface area (Å²) in [5, 5.41) is 3.38. The van der Waals surface area contributed by atoms with Gasteiger partial charge in [-0.1, -0.05) is 23.8 Å². The molecular formula is C16H26N2O. The topological polar surface area (TPSA) is 24.5 Å². The van der Waals surface area contributed by atoms with Crippen molar-refractivity contribution in [1.82, 2.24) is 10.2 Å². The van der Waals surface area contributed by atoms with Gasteiger partial charge in [-0.3, -0.25) is 0 Å². The molecule has 1 aliphatic heterocycles. The minimum absolute atomic E-state index is 0.345. The Morgan fingerprint density at radius 1 is 1.37 bits per heavy atom. The van der Waals surface area contributed by atoms with E-state index in [-0.39, 0.29) is 0 Å². The quantitative estimate of drug-likeness (QED) is 0.875. The Labute approximate surface area is 116 Å². The summed E-state index contributed by atoms with van der Waals surface area (Å²) < 4.78 is 5.74. The SMILES string of the molecule is Cc1ccc(C)c(CCN(C)CC2CNCCO2)c1. The van der Waals surface area contributed by atoms with Crippen LogP contribution in [-0.4, -0.2) is 50.8 Å². The molecule has 2 rings (SSSR count). The molecule has 19 heavy (non-hydrogen) atoms. The maximum Gasteiger partial charge on any atom is 0.0826 e. The van der Waals surface area contributed by atoms with Crippen LogP contribution in [0.2, 0.25) is 0 Å². The molecule has 1 fully saturated rings. The molecule has 3 nitrogen and oxygen atoms in total. The van der Waals surface area contributed by atoms with Gasteiger partial charge in [-0.05, 0) is 38.4 Å². The van der Waals surface area contributed by atoms with Gasteiger partial charge in [0.15, 0.2) is 0 Å². The molecule has 1 unspecified atom stereocenters. The van der Waals surface area contributed by atoms with Crippen molar-refractivity contribution in [3.8, 4) is 0 Å². The van der Waals surface area contributed by atoms with Crippen molar-refractivity contribution in [2.45, 2.75) is 26.4 Å². The second kappa shape index (κ2) is 7.04. The lowest BCUT2D eigenvalue weighted by Gasteiger charge is -2.28. The number of hydrogen-bond acceptors (Lipinski definition) is 3. The Kier molecular flexibility index (Phi) is 5.37. The van der Waals surface area contributed by atoms with Crippen LogP contribution in [-0.2, 0) is 11.2 Å². The summed E-state index contributed by atoms with van der Waals surface area (Å²) in [4.78, 5) is 2.37. The fourth-order valence-electron chi connectivity index (χ4n) is 2.56. The first-order valence-corrected chi connectivity index (χ1v) is 7.22. The fourth-order valence-corrected chi connectivity index (χ4v) is 2.56. The number of nitrogens with one attached hydrogen (secondary N) is 1. The number of ether oxygens (including phenoxy) is 1. The zero-order valence-electron chi connectivity index (χ0n) is 12.4. The molecule has 1 aromatic rings. The van der Waals surface area contributed by atoms with Crippen LogP contribution >= 0.6 is 0 Å². The van der Waals surface area contributed by atoms with Crippen molar-refractivity contribution in [3.05, 3.63) is 34.9 Å². The summed E-state index contributed by atoms with van der Waals surface area (Å²) in [6.45, 7) is 9.27. The molecule has 1 aliphatic rings. The Hall–Kier alpha value is -0.900. The van der Waals surface area contributed by atoms with Gasteiger partial charge in [-0.25, -0.2) is 0 Å². The minimum atomic E-state index is 0.345. The van der Waals surface area contributed by atoms with Crippen LogP contribution in [0.15, 0.2) is 18.2 Å². The number of benzene rings is 1. The summed E-state index contributed by atoms with van der Waals surface area (Å²) in [5.41, 5.74) is 4.21. The first-order valence-electron chi connectivity index (χ1n) is 7.22. The second-order valence-electron chi connectivity index (χ2n) is 5.64. The van der Waals surface area contributed by atoms with Crippen LogP contribution < -0.4 is 5.32 Å². The summed E-state index contributed by atoms with van der Waals surface area (Å²) >= 11 is 0. The van der Waals surface area contributed by atoms with E-state index in [1.807, 2.05) is 0 Å². The highest BCUT2D eigenvalue weighted by molar-refractivity contribution is 5.30. The molecule has 1 atom stereocenters. The molecule has 3 heteroatoms. The number of aryl methyl sites for hydroxylation is 2. The van der Waals surface area contributed by atoms with Gasteiger partial charge in [0.2, 0.25) is 0 Å². The third-order valence-electron chi connectivity index (χ3n) is 3.79. The monoisotopic (exact) mass is 262 g/mol. The molecule has 0 amide bonds. The first kappa shape index (κ1) is 14.5. The zero-order valence-corrected chi connectivity index (χ0v) is 12.4. The van der Waals surface area contributed by atoms with E-state index in [0.29, 0.717) is 6.10 Å². The van der Waals surface area contributed by atoms with Crippen LogP contribution in [0, 0.1) is 13.8 Å². The number of nitrogens with zero attached hydrogens (tertiary/aromatic N) is 1. The van der Waals surface area contributed by atoms with Crippen molar-refractivity contribution >= 4 is 0 Å². The van der Waals surface area contributed by atoms with Crippen LogP contribution in [0.5, 0.6) is 0 Å². The second-order valence-corrected chi connectivity index (χ2v) is 5.64. The number of rotatable bonds is 5. The Morgan fingerprint density at radius 2 is 2.21 bits per heavy atom. The maximum atomic E-state index is 5.74. The van der Waals surface area contributed by atoms with Gasteiger partial charge in [0, 0.05) is 26.2 Å². The molecule has 0 bridgehead atoms. The lowest BCUT2D eigenvalue weighted by atomic mass is 10.0. The fraction of sp³-hybridized carbons (Fsp3) is 0.625. The summed E-state index contributed by atoms with van der Waals surface area (Å²) in [6.07, 6.45) is 1.46. The van der Waals surface area contributed by atoms with E-state index in [1.54, 1.807) is 0 Å². The molecule has 0 aliphatic carbocycles. The van der Waals surface area contributed by atoms with E-state index in [0.717, 1.165) is 39.2 Å². The van der Waals surface area contributed by atoms with Crippen LogP contribution in [0.4, 0.5) is 0 Å². The molecule has 0 spiro atoms. The minimum Gasteiger partial charge on any atom is -0.374 e. The van der Waals surface area contributed by atoms with Crippen molar-refractivity contribution in [2.24, 2.45) is 0 Å². The average Bonchev–Trinajstić information content (AvgIpc) is 2.41. The van der Waals surface area contributed by atoms with Gasteiger partial charge < -0.3 is 15.0 Å². The molecule has 1 heterocycles.